The second-order valence-corrected chi connectivity index (χ2v) is 6.64. The molecule has 0 atom stereocenters. The van der Waals surface area contributed by atoms with Crippen LogP contribution in [0.5, 0.6) is 5.75 Å². The Bertz CT molecular complexity index is 836. The Morgan fingerprint density at radius 2 is 1.67 bits per heavy atom. The first-order valence-electron chi connectivity index (χ1n) is 8.78. The fourth-order valence-corrected chi connectivity index (χ4v) is 2.43. The molecule has 1 N–H and O–H groups in total. The predicted molar refractivity (Wildman–Crippen MR) is 107 cm³/mol. The van der Waals surface area contributed by atoms with Crippen LogP contribution in [0.1, 0.15) is 49.2 Å². The highest BCUT2D eigenvalue weighted by Gasteiger charge is 2.16. The fraction of sp³-hybridized carbons (Fsp3) is 0.350. The van der Waals surface area contributed by atoms with Crippen LogP contribution in [0.15, 0.2) is 42.5 Å². The minimum absolute atomic E-state index is 0.0162. The minimum Gasteiger partial charge on any atom is -0.382 e. The molecule has 0 fully saturated rings. The maximum atomic E-state index is 13.5. The van der Waals surface area contributed by atoms with E-state index in [1.165, 1.54) is 18.2 Å². The van der Waals surface area contributed by atoms with E-state index in [4.69, 9.17) is 4.18 Å². The quantitative estimate of drug-likeness (QED) is 0.757. The van der Waals surface area contributed by atoms with Crippen molar-refractivity contribution in [3.63, 3.8) is 0 Å². The third kappa shape index (κ3) is 8.68. The van der Waals surface area contributed by atoms with Crippen molar-refractivity contribution in [2.45, 2.75) is 41.2 Å². The highest BCUT2D eigenvalue weighted by atomic mass is 32.2. The third-order valence-corrected chi connectivity index (χ3v) is 3.50. The lowest BCUT2D eigenvalue weighted by Gasteiger charge is -2.11. The molecule has 0 saturated carbocycles. The molecule has 0 bridgehead atoms. The van der Waals surface area contributed by atoms with Gasteiger partial charge in [0.05, 0.1) is 11.8 Å². The van der Waals surface area contributed by atoms with Crippen molar-refractivity contribution in [1.29, 1.82) is 0 Å². The molecule has 1 amide bonds. The molecule has 0 spiro atoms. The zero-order valence-electron chi connectivity index (χ0n) is 16.7. The lowest BCUT2D eigenvalue weighted by atomic mass is 10.1. The van der Waals surface area contributed by atoms with Crippen LogP contribution >= 0.6 is 0 Å². The summed E-state index contributed by atoms with van der Waals surface area (Å²) in [7, 11) is -3.76. The van der Waals surface area contributed by atoms with E-state index in [-0.39, 0.29) is 17.9 Å². The molecular weight excluding hydrogens is 369 g/mol. The molecule has 2 aromatic rings. The SMILES string of the molecule is CC.CC.Cc1ccc(C(=O)NCc2ccccc2F)c(OS(C)(=O)=O)c1. The molecule has 27 heavy (non-hydrogen) atoms. The van der Waals surface area contributed by atoms with Crippen molar-refractivity contribution >= 4 is 16.0 Å². The predicted octanol–water partition coefficient (Wildman–Crippen LogP) is 4.45. The van der Waals surface area contributed by atoms with Gasteiger partial charge in [-0.25, -0.2) is 4.39 Å². The number of nitrogens with one attached hydrogen (secondary N) is 1. The van der Waals surface area contributed by atoms with E-state index in [0.717, 1.165) is 11.8 Å². The number of carbonyl (C=O) groups is 1. The van der Waals surface area contributed by atoms with Crippen LogP contribution in [0.3, 0.4) is 0 Å². The van der Waals surface area contributed by atoms with Gasteiger partial charge in [-0.15, -0.1) is 0 Å². The number of carbonyl (C=O) groups excluding carboxylic acids is 1. The molecule has 2 aromatic carbocycles. The molecule has 0 heterocycles. The van der Waals surface area contributed by atoms with Crippen LogP contribution in [0.25, 0.3) is 0 Å². The molecule has 0 unspecified atom stereocenters. The molecule has 0 saturated heterocycles. The van der Waals surface area contributed by atoms with E-state index >= 15 is 0 Å². The lowest BCUT2D eigenvalue weighted by molar-refractivity contribution is 0.0949. The zero-order valence-corrected chi connectivity index (χ0v) is 17.5. The summed E-state index contributed by atoms with van der Waals surface area (Å²) in [6.07, 6.45) is 0.899. The summed E-state index contributed by atoms with van der Waals surface area (Å²) in [6.45, 7) is 9.73. The van der Waals surface area contributed by atoms with Crippen LogP contribution in [-0.2, 0) is 16.7 Å². The van der Waals surface area contributed by atoms with E-state index in [1.54, 1.807) is 31.2 Å². The second kappa shape index (κ2) is 12.1. The van der Waals surface area contributed by atoms with Crippen LogP contribution < -0.4 is 9.50 Å². The average molecular weight is 398 g/mol. The van der Waals surface area contributed by atoms with E-state index in [1.807, 2.05) is 27.7 Å². The normalized spacial score (nSPS) is 9.89. The van der Waals surface area contributed by atoms with Crippen LogP contribution in [0.4, 0.5) is 4.39 Å². The molecule has 5 nitrogen and oxygen atoms in total. The number of amides is 1. The molecule has 150 valence electrons. The van der Waals surface area contributed by atoms with Gasteiger partial charge in [0.1, 0.15) is 5.82 Å². The average Bonchev–Trinajstić information content (AvgIpc) is 2.63. The van der Waals surface area contributed by atoms with Gasteiger partial charge in [0.25, 0.3) is 5.91 Å². The van der Waals surface area contributed by atoms with Crippen molar-refractivity contribution in [1.82, 2.24) is 5.32 Å². The monoisotopic (exact) mass is 397 g/mol. The molecule has 7 heteroatoms. The smallest absolute Gasteiger partial charge is 0.306 e. The molecule has 0 radical (unpaired) electrons. The Hall–Kier alpha value is -2.41. The summed E-state index contributed by atoms with van der Waals surface area (Å²) in [5, 5.41) is 2.55. The summed E-state index contributed by atoms with van der Waals surface area (Å²) >= 11 is 0. The zero-order chi connectivity index (χ0) is 21.0. The molecule has 0 aliphatic carbocycles. The maximum absolute atomic E-state index is 13.5. The van der Waals surface area contributed by atoms with Gasteiger partial charge in [0.2, 0.25) is 0 Å². The van der Waals surface area contributed by atoms with Gasteiger partial charge in [-0.1, -0.05) is 52.0 Å². The highest BCUT2D eigenvalue weighted by molar-refractivity contribution is 7.86. The van der Waals surface area contributed by atoms with E-state index in [0.29, 0.717) is 5.56 Å². The fourth-order valence-electron chi connectivity index (χ4n) is 1.96. The molecule has 0 aliphatic rings. The maximum Gasteiger partial charge on any atom is 0.306 e. The first kappa shape index (κ1) is 24.6. The van der Waals surface area contributed by atoms with E-state index in [9.17, 15) is 17.6 Å². The highest BCUT2D eigenvalue weighted by Crippen LogP contribution is 2.22. The molecular formula is C20H28FNO4S. The van der Waals surface area contributed by atoms with Crippen LogP contribution in [0.2, 0.25) is 0 Å². The Labute approximate surface area is 161 Å². The Balaban J connectivity index is 0.00000158. The standard InChI is InChI=1S/C16H16FNO4S.2C2H6/c1-11-7-8-13(15(9-11)22-23(2,20)21)16(19)18-10-12-5-3-4-6-14(12)17;2*1-2/h3-9H,10H2,1-2H3,(H,18,19);2*1-2H3. The molecule has 0 aromatic heterocycles. The van der Waals surface area contributed by atoms with Crippen LogP contribution in [-0.4, -0.2) is 20.6 Å². The van der Waals surface area contributed by atoms with E-state index < -0.39 is 21.8 Å². The third-order valence-electron chi connectivity index (χ3n) is 3.02. The minimum atomic E-state index is -3.76. The van der Waals surface area contributed by atoms with Crippen molar-refractivity contribution < 1.29 is 21.8 Å². The van der Waals surface area contributed by atoms with Gasteiger partial charge >= 0.3 is 10.1 Å². The number of benzene rings is 2. The first-order chi connectivity index (χ1) is 12.8. The molecule has 2 rings (SSSR count). The lowest BCUT2D eigenvalue weighted by Crippen LogP contribution is -2.24. The van der Waals surface area contributed by atoms with Gasteiger partial charge in [-0.3, -0.25) is 4.79 Å². The summed E-state index contributed by atoms with van der Waals surface area (Å²) in [6, 6.07) is 10.6. The van der Waals surface area contributed by atoms with Crippen molar-refractivity contribution in [2.75, 3.05) is 6.26 Å². The Kier molecular flexibility index (Phi) is 11.0. The van der Waals surface area contributed by atoms with Crippen LogP contribution in [0, 0.1) is 12.7 Å². The molecule has 0 aliphatic heterocycles. The number of hydrogen-bond donors (Lipinski definition) is 1. The summed E-state index contributed by atoms with van der Waals surface area (Å²) in [5.74, 6) is -1.03. The number of hydrogen-bond acceptors (Lipinski definition) is 4. The first-order valence-corrected chi connectivity index (χ1v) is 10.6. The van der Waals surface area contributed by atoms with Crippen molar-refractivity contribution in [3.8, 4) is 5.75 Å². The Morgan fingerprint density at radius 1 is 1.07 bits per heavy atom. The summed E-state index contributed by atoms with van der Waals surface area (Å²) < 4.78 is 41.0. The Morgan fingerprint density at radius 3 is 2.22 bits per heavy atom. The summed E-state index contributed by atoms with van der Waals surface area (Å²) in [5.41, 5.74) is 1.14. The number of aryl methyl sites for hydroxylation is 1. The van der Waals surface area contributed by atoms with Gasteiger partial charge < -0.3 is 9.50 Å². The van der Waals surface area contributed by atoms with Gasteiger partial charge in [-0.05, 0) is 30.7 Å². The van der Waals surface area contributed by atoms with Gasteiger partial charge in [0.15, 0.2) is 5.75 Å². The van der Waals surface area contributed by atoms with Crippen molar-refractivity contribution in [3.05, 3.63) is 65.0 Å². The van der Waals surface area contributed by atoms with Gasteiger partial charge in [-0.2, -0.15) is 8.42 Å². The second-order valence-electron chi connectivity index (χ2n) is 5.06. The van der Waals surface area contributed by atoms with E-state index in [2.05, 4.69) is 5.32 Å². The topological polar surface area (TPSA) is 72.5 Å². The largest absolute Gasteiger partial charge is 0.382 e. The van der Waals surface area contributed by atoms with Crippen molar-refractivity contribution in [2.24, 2.45) is 0 Å². The summed E-state index contributed by atoms with van der Waals surface area (Å²) in [4.78, 5) is 12.2. The number of halogens is 1. The van der Waals surface area contributed by atoms with Gasteiger partial charge in [0, 0.05) is 12.1 Å². The number of rotatable bonds is 5.